The van der Waals surface area contributed by atoms with Gasteiger partial charge in [-0.05, 0) is 47.5 Å². The predicted molar refractivity (Wildman–Crippen MR) is 172 cm³/mol. The Morgan fingerprint density at radius 1 is 0.780 bits per heavy atom. The van der Waals surface area contributed by atoms with E-state index in [1.165, 1.54) is 55.3 Å². The third kappa shape index (κ3) is 8.19. The highest BCUT2D eigenvalue weighted by molar-refractivity contribution is 6.99. The van der Waals surface area contributed by atoms with Crippen molar-refractivity contribution in [3.63, 3.8) is 0 Å². The van der Waals surface area contributed by atoms with Crippen LogP contribution >= 0.6 is 0 Å². The van der Waals surface area contributed by atoms with Gasteiger partial charge in [0.25, 0.3) is 8.32 Å². The quantitative estimate of drug-likeness (QED) is 0.116. The number of unbranched alkanes of at least 4 members (excludes halogenated alkanes) is 7. The molecule has 2 aliphatic heterocycles. The van der Waals surface area contributed by atoms with Crippen LogP contribution < -0.4 is 10.4 Å². The molecule has 2 heterocycles. The summed E-state index contributed by atoms with van der Waals surface area (Å²) in [6, 6.07) is 22.0. The second-order valence-corrected chi connectivity index (χ2v) is 17.6. The average molecular weight is 579 g/mol. The Morgan fingerprint density at radius 3 is 1.85 bits per heavy atom. The summed E-state index contributed by atoms with van der Waals surface area (Å²) in [5.41, 5.74) is 0. The van der Waals surface area contributed by atoms with E-state index in [1.54, 1.807) is 0 Å². The molecule has 0 amide bonds. The molecule has 0 aromatic heterocycles. The largest absolute Gasteiger partial charge is 0.402 e. The van der Waals surface area contributed by atoms with Crippen molar-refractivity contribution in [2.75, 3.05) is 0 Å². The van der Waals surface area contributed by atoms with Gasteiger partial charge < -0.3 is 18.7 Å². The molecule has 4 rings (SSSR count). The predicted octanol–water partition coefficient (Wildman–Crippen LogP) is 7.76. The minimum atomic E-state index is -2.70. The Bertz CT molecular complexity index is 981. The number of aldehydes is 1. The summed E-state index contributed by atoms with van der Waals surface area (Å²) >= 11 is 0. The zero-order chi connectivity index (χ0) is 29.1. The van der Waals surface area contributed by atoms with Gasteiger partial charge in [-0.1, -0.05) is 140 Å². The molecule has 0 saturated carbocycles. The van der Waals surface area contributed by atoms with Crippen LogP contribution in [0.4, 0.5) is 0 Å². The Morgan fingerprint density at radius 2 is 1.32 bits per heavy atom. The van der Waals surface area contributed by atoms with Gasteiger partial charge in [-0.3, -0.25) is 0 Å². The summed E-state index contributed by atoms with van der Waals surface area (Å²) in [6.45, 7) is 9.35. The molecule has 2 aromatic carbocycles. The minimum Gasteiger partial charge on any atom is -0.402 e. The summed E-state index contributed by atoms with van der Waals surface area (Å²) in [5.74, 6) is 0. The minimum absolute atomic E-state index is 0.0202. The maximum Gasteiger partial charge on any atom is 0.261 e. The van der Waals surface area contributed by atoms with Crippen LogP contribution in [-0.2, 0) is 18.7 Å². The first kappa shape index (κ1) is 32.1. The molecule has 4 nitrogen and oxygen atoms in total. The van der Waals surface area contributed by atoms with Gasteiger partial charge >= 0.3 is 0 Å². The van der Waals surface area contributed by atoms with Crippen molar-refractivity contribution >= 4 is 25.0 Å². The van der Waals surface area contributed by atoms with E-state index in [4.69, 9.17) is 13.9 Å². The highest BCUT2D eigenvalue weighted by Gasteiger charge is 2.53. The zero-order valence-corrected chi connectivity index (χ0v) is 27.1. The first-order chi connectivity index (χ1) is 19.9. The average Bonchev–Trinajstić information content (AvgIpc) is 3.67. The van der Waals surface area contributed by atoms with Gasteiger partial charge in [-0.25, -0.2) is 0 Å². The van der Waals surface area contributed by atoms with E-state index in [0.717, 1.165) is 44.8 Å². The van der Waals surface area contributed by atoms with Crippen molar-refractivity contribution in [1.82, 2.24) is 0 Å². The fourth-order valence-electron chi connectivity index (χ4n) is 7.02. The Labute approximate surface area is 250 Å². The van der Waals surface area contributed by atoms with Gasteiger partial charge in [0.05, 0.1) is 24.4 Å². The molecular weight excluding hydrogens is 524 g/mol. The molecule has 2 aromatic rings. The van der Waals surface area contributed by atoms with Crippen molar-refractivity contribution < 1.29 is 18.7 Å². The summed E-state index contributed by atoms with van der Waals surface area (Å²) < 4.78 is 20.5. The molecular formula is C36H54O4Si. The molecule has 0 bridgehead atoms. The molecule has 41 heavy (non-hydrogen) atoms. The zero-order valence-electron chi connectivity index (χ0n) is 26.1. The lowest BCUT2D eigenvalue weighted by molar-refractivity contribution is -0.123. The second-order valence-electron chi connectivity index (χ2n) is 13.3. The van der Waals surface area contributed by atoms with Crippen molar-refractivity contribution in [3.05, 3.63) is 60.7 Å². The van der Waals surface area contributed by atoms with E-state index >= 15 is 0 Å². The van der Waals surface area contributed by atoms with E-state index in [9.17, 15) is 4.79 Å². The fourth-order valence-corrected chi connectivity index (χ4v) is 11.8. The lowest BCUT2D eigenvalue weighted by Gasteiger charge is -2.46. The van der Waals surface area contributed by atoms with Crippen LogP contribution in [0.3, 0.4) is 0 Å². The lowest BCUT2D eigenvalue weighted by atomic mass is 10.0. The van der Waals surface area contributed by atoms with E-state index in [-0.39, 0.29) is 35.6 Å². The molecule has 0 spiro atoms. The number of hydrogen-bond acceptors (Lipinski definition) is 4. The molecule has 226 valence electrons. The SMILES string of the molecule is CCCCCCCCCC[C@H](O[Si](c1ccccc1)(c1ccccc1)C(C)(C)C)[C@H]1CC[C@@H]([C@@H]2CC[C@H](C=O)O2)O1. The molecule has 0 unspecified atom stereocenters. The van der Waals surface area contributed by atoms with Crippen LogP contribution in [0.2, 0.25) is 5.04 Å². The fraction of sp³-hybridized carbons (Fsp3) is 0.639. The summed E-state index contributed by atoms with van der Waals surface area (Å²) in [6.07, 6.45) is 15.9. The molecule has 2 saturated heterocycles. The summed E-state index contributed by atoms with van der Waals surface area (Å²) in [5, 5.41) is 2.57. The van der Waals surface area contributed by atoms with Crippen LogP contribution in [0.1, 0.15) is 111 Å². The van der Waals surface area contributed by atoms with Gasteiger partial charge in [0, 0.05) is 0 Å². The van der Waals surface area contributed by atoms with Crippen LogP contribution in [0.5, 0.6) is 0 Å². The number of benzene rings is 2. The van der Waals surface area contributed by atoms with E-state index in [0.29, 0.717) is 0 Å². The summed E-state index contributed by atoms with van der Waals surface area (Å²) in [4.78, 5) is 11.3. The number of hydrogen-bond donors (Lipinski definition) is 0. The highest BCUT2D eigenvalue weighted by atomic mass is 28.4. The van der Waals surface area contributed by atoms with Gasteiger partial charge in [0.2, 0.25) is 0 Å². The standard InChI is InChI=1S/C36H54O4Si/c1-5-6-7-8-9-10-11-18-23-35(34-27-26-33(39-34)32-25-24-29(28-37)38-32)40-41(36(2,3)4,30-19-14-12-15-20-30)31-21-16-13-17-22-31/h12-17,19-22,28-29,32-35H,5-11,18,23-27H2,1-4H3/t29-,32+,33+,34-,35+/m1/s1. The van der Waals surface area contributed by atoms with Gasteiger partial charge in [0.1, 0.15) is 12.4 Å². The van der Waals surface area contributed by atoms with E-state index < -0.39 is 8.32 Å². The Balaban J connectivity index is 1.57. The first-order valence-electron chi connectivity index (χ1n) is 16.4. The van der Waals surface area contributed by atoms with Crippen LogP contribution in [0, 0.1) is 0 Å². The molecule has 0 radical (unpaired) electrons. The number of carbonyl (C=O) groups is 1. The molecule has 0 aliphatic carbocycles. The Hall–Kier alpha value is -1.79. The second kappa shape index (κ2) is 15.6. The number of rotatable bonds is 16. The van der Waals surface area contributed by atoms with Crippen LogP contribution in [-0.4, -0.2) is 45.1 Å². The first-order valence-corrected chi connectivity index (χ1v) is 18.3. The molecule has 5 atom stereocenters. The third-order valence-corrected chi connectivity index (χ3v) is 14.3. The van der Waals surface area contributed by atoms with Gasteiger partial charge in [-0.15, -0.1) is 0 Å². The molecule has 2 aliphatic rings. The van der Waals surface area contributed by atoms with Crippen molar-refractivity contribution in [2.24, 2.45) is 0 Å². The van der Waals surface area contributed by atoms with E-state index in [1.807, 2.05) is 0 Å². The third-order valence-electron chi connectivity index (χ3n) is 9.24. The van der Waals surface area contributed by atoms with Crippen molar-refractivity contribution in [1.29, 1.82) is 0 Å². The van der Waals surface area contributed by atoms with E-state index in [2.05, 4.69) is 88.4 Å². The van der Waals surface area contributed by atoms with Crippen molar-refractivity contribution in [2.45, 2.75) is 147 Å². The van der Waals surface area contributed by atoms with Crippen molar-refractivity contribution in [3.8, 4) is 0 Å². The number of ether oxygens (including phenoxy) is 2. The smallest absolute Gasteiger partial charge is 0.261 e. The van der Waals surface area contributed by atoms with Gasteiger partial charge in [0.15, 0.2) is 0 Å². The molecule has 0 N–H and O–H groups in total. The normalized spacial score (nSPS) is 24.0. The maximum absolute atomic E-state index is 11.3. The maximum atomic E-state index is 11.3. The Kier molecular flexibility index (Phi) is 12.2. The van der Waals surface area contributed by atoms with Crippen LogP contribution in [0.15, 0.2) is 60.7 Å². The lowest BCUT2D eigenvalue weighted by Crippen LogP contribution is -2.68. The molecule has 2 fully saturated rings. The van der Waals surface area contributed by atoms with Crippen LogP contribution in [0.25, 0.3) is 0 Å². The summed E-state index contributed by atoms with van der Waals surface area (Å²) in [7, 11) is -2.70. The molecule has 5 heteroatoms. The highest BCUT2D eigenvalue weighted by Crippen LogP contribution is 2.41. The number of carbonyl (C=O) groups excluding carboxylic acids is 1. The topological polar surface area (TPSA) is 44.8 Å². The van der Waals surface area contributed by atoms with Gasteiger partial charge in [-0.2, -0.15) is 0 Å². The monoisotopic (exact) mass is 578 g/mol.